The number of halogens is 1. The number of guanidine groups is 1. The SMILES string of the molecule is CCNC(=NCc1c(CC)noc1CC)NCC(=O)OC(C)(C)C.I. The lowest BCUT2D eigenvalue weighted by Crippen LogP contribution is -2.41. The van der Waals surface area contributed by atoms with Crippen LogP contribution < -0.4 is 10.6 Å². The zero-order valence-electron chi connectivity index (χ0n) is 16.1. The van der Waals surface area contributed by atoms with Crippen molar-refractivity contribution in [2.24, 2.45) is 4.99 Å². The second-order valence-electron chi connectivity index (χ2n) is 6.37. The fourth-order valence-electron chi connectivity index (χ4n) is 2.15. The molecule has 0 saturated carbocycles. The molecule has 0 spiro atoms. The molecular weight excluding hydrogens is 435 g/mol. The Morgan fingerprint density at radius 2 is 1.88 bits per heavy atom. The molecule has 0 aliphatic rings. The minimum Gasteiger partial charge on any atom is -0.459 e. The maximum Gasteiger partial charge on any atom is 0.325 e. The van der Waals surface area contributed by atoms with Crippen molar-refractivity contribution >= 4 is 35.9 Å². The first-order valence-corrected chi connectivity index (χ1v) is 8.51. The predicted octanol–water partition coefficient (Wildman–Crippen LogP) is 2.81. The number of nitrogens with one attached hydrogen (secondary N) is 2. The molecule has 1 aromatic heterocycles. The Kier molecular flexibility index (Phi) is 10.7. The van der Waals surface area contributed by atoms with Gasteiger partial charge in [-0.1, -0.05) is 19.0 Å². The molecule has 25 heavy (non-hydrogen) atoms. The van der Waals surface area contributed by atoms with E-state index in [1.165, 1.54) is 0 Å². The molecule has 0 atom stereocenters. The van der Waals surface area contributed by atoms with Gasteiger partial charge in [0.1, 0.15) is 17.9 Å². The normalized spacial score (nSPS) is 11.7. The van der Waals surface area contributed by atoms with Crippen LogP contribution in [0, 0.1) is 0 Å². The fourth-order valence-corrected chi connectivity index (χ4v) is 2.15. The predicted molar refractivity (Wildman–Crippen MR) is 109 cm³/mol. The van der Waals surface area contributed by atoms with Gasteiger partial charge in [-0.25, -0.2) is 4.99 Å². The summed E-state index contributed by atoms with van der Waals surface area (Å²) in [5.74, 6) is 1.11. The van der Waals surface area contributed by atoms with Crippen molar-refractivity contribution in [2.45, 2.75) is 66.5 Å². The molecule has 0 unspecified atom stereocenters. The highest BCUT2D eigenvalue weighted by molar-refractivity contribution is 14.0. The Morgan fingerprint density at radius 1 is 1.20 bits per heavy atom. The van der Waals surface area contributed by atoms with Crippen LogP contribution in [0.5, 0.6) is 0 Å². The molecule has 0 radical (unpaired) electrons. The minimum atomic E-state index is -0.497. The molecule has 0 amide bonds. The molecule has 7 nitrogen and oxygen atoms in total. The summed E-state index contributed by atoms with van der Waals surface area (Å²) in [5.41, 5.74) is 1.45. The highest BCUT2D eigenvalue weighted by Gasteiger charge is 2.17. The third-order valence-electron chi connectivity index (χ3n) is 3.17. The second-order valence-corrected chi connectivity index (χ2v) is 6.37. The molecular formula is C17H31IN4O3. The van der Waals surface area contributed by atoms with E-state index >= 15 is 0 Å². The molecule has 0 aliphatic heterocycles. The lowest BCUT2D eigenvalue weighted by molar-refractivity contribution is -0.153. The average Bonchev–Trinajstić information content (AvgIpc) is 2.90. The Hall–Kier alpha value is -1.32. The van der Waals surface area contributed by atoms with E-state index in [4.69, 9.17) is 9.26 Å². The van der Waals surface area contributed by atoms with E-state index in [1.54, 1.807) is 0 Å². The van der Waals surface area contributed by atoms with E-state index in [-0.39, 0.29) is 36.5 Å². The molecule has 0 bridgehead atoms. The number of hydrogen-bond acceptors (Lipinski definition) is 5. The van der Waals surface area contributed by atoms with Gasteiger partial charge in [0.2, 0.25) is 0 Å². The Labute approximate surface area is 167 Å². The van der Waals surface area contributed by atoms with E-state index < -0.39 is 5.60 Å². The maximum absolute atomic E-state index is 11.8. The van der Waals surface area contributed by atoms with Gasteiger partial charge in [-0.15, -0.1) is 24.0 Å². The lowest BCUT2D eigenvalue weighted by Gasteiger charge is -2.20. The van der Waals surface area contributed by atoms with Crippen LogP contribution in [-0.4, -0.2) is 35.8 Å². The van der Waals surface area contributed by atoms with Gasteiger partial charge in [0.15, 0.2) is 5.96 Å². The molecule has 0 fully saturated rings. The standard InChI is InChI=1S/C17H30N4O3.HI/c1-7-13-12(14(8-2)24-21-13)10-19-16(18-9-3)20-11-15(22)23-17(4,5)6;/h7-11H2,1-6H3,(H2,18,19,20);1H. The number of aliphatic imine (C=N–C) groups is 1. The van der Waals surface area contributed by atoms with Crippen LogP contribution in [-0.2, 0) is 28.9 Å². The summed E-state index contributed by atoms with van der Waals surface area (Å²) in [6, 6.07) is 0. The van der Waals surface area contributed by atoms with Gasteiger partial charge in [-0.2, -0.15) is 0 Å². The van der Waals surface area contributed by atoms with Crippen LogP contribution in [0.1, 0.15) is 58.6 Å². The number of aromatic nitrogens is 1. The molecule has 0 aliphatic carbocycles. The fraction of sp³-hybridized carbons (Fsp3) is 0.706. The van der Waals surface area contributed by atoms with E-state index in [2.05, 4.69) is 20.8 Å². The van der Waals surface area contributed by atoms with Gasteiger partial charge in [-0.3, -0.25) is 4.79 Å². The number of aryl methyl sites for hydroxylation is 2. The Bertz CT molecular complexity index is 543. The van der Waals surface area contributed by atoms with E-state index in [9.17, 15) is 4.79 Å². The minimum absolute atomic E-state index is 0. The van der Waals surface area contributed by atoms with E-state index in [0.717, 1.165) is 29.9 Å². The molecule has 1 rings (SSSR count). The van der Waals surface area contributed by atoms with Crippen LogP contribution in [0.3, 0.4) is 0 Å². The second kappa shape index (κ2) is 11.3. The Morgan fingerprint density at radius 3 is 2.40 bits per heavy atom. The summed E-state index contributed by atoms with van der Waals surface area (Å²) in [7, 11) is 0. The van der Waals surface area contributed by atoms with Crippen molar-refractivity contribution in [3.8, 4) is 0 Å². The van der Waals surface area contributed by atoms with Crippen LogP contribution in [0.25, 0.3) is 0 Å². The smallest absolute Gasteiger partial charge is 0.325 e. The van der Waals surface area contributed by atoms with Crippen LogP contribution in [0.15, 0.2) is 9.52 Å². The Balaban J connectivity index is 0.00000576. The van der Waals surface area contributed by atoms with Crippen molar-refractivity contribution in [2.75, 3.05) is 13.1 Å². The number of nitrogens with zero attached hydrogens (tertiary/aromatic N) is 2. The maximum atomic E-state index is 11.8. The third-order valence-corrected chi connectivity index (χ3v) is 3.17. The molecule has 0 aromatic carbocycles. The van der Waals surface area contributed by atoms with Gasteiger partial charge in [0, 0.05) is 18.5 Å². The first kappa shape index (κ1) is 23.7. The molecule has 2 N–H and O–H groups in total. The number of rotatable bonds is 7. The lowest BCUT2D eigenvalue weighted by atomic mass is 10.1. The van der Waals surface area contributed by atoms with Gasteiger partial charge in [0.05, 0.1) is 12.2 Å². The van der Waals surface area contributed by atoms with E-state index in [0.29, 0.717) is 19.0 Å². The summed E-state index contributed by atoms with van der Waals surface area (Å²) in [5, 5.41) is 10.2. The average molecular weight is 466 g/mol. The monoisotopic (exact) mass is 466 g/mol. The largest absolute Gasteiger partial charge is 0.459 e. The van der Waals surface area contributed by atoms with Crippen molar-refractivity contribution in [1.29, 1.82) is 0 Å². The van der Waals surface area contributed by atoms with Crippen molar-refractivity contribution < 1.29 is 14.1 Å². The summed E-state index contributed by atoms with van der Waals surface area (Å²) < 4.78 is 10.6. The molecule has 144 valence electrons. The highest BCUT2D eigenvalue weighted by atomic mass is 127. The number of hydrogen-bond donors (Lipinski definition) is 2. The highest BCUT2D eigenvalue weighted by Crippen LogP contribution is 2.16. The van der Waals surface area contributed by atoms with Crippen molar-refractivity contribution in [1.82, 2.24) is 15.8 Å². The molecule has 0 saturated heterocycles. The van der Waals surface area contributed by atoms with Crippen LogP contribution in [0.4, 0.5) is 0 Å². The van der Waals surface area contributed by atoms with Gasteiger partial charge >= 0.3 is 5.97 Å². The quantitative estimate of drug-likeness (QED) is 0.278. The zero-order valence-corrected chi connectivity index (χ0v) is 18.4. The molecule has 1 heterocycles. The number of esters is 1. The van der Waals surface area contributed by atoms with Gasteiger partial charge in [0.25, 0.3) is 0 Å². The summed E-state index contributed by atoms with van der Waals surface area (Å²) in [4.78, 5) is 16.3. The summed E-state index contributed by atoms with van der Waals surface area (Å²) in [6.45, 7) is 12.8. The summed E-state index contributed by atoms with van der Waals surface area (Å²) in [6.07, 6.45) is 1.58. The van der Waals surface area contributed by atoms with Gasteiger partial charge < -0.3 is 19.9 Å². The van der Waals surface area contributed by atoms with E-state index in [1.807, 2.05) is 41.5 Å². The number of ether oxygens (including phenoxy) is 1. The summed E-state index contributed by atoms with van der Waals surface area (Å²) >= 11 is 0. The first-order valence-electron chi connectivity index (χ1n) is 8.51. The van der Waals surface area contributed by atoms with Crippen LogP contribution in [0.2, 0.25) is 0 Å². The zero-order chi connectivity index (χ0) is 18.2. The third kappa shape index (κ3) is 8.55. The molecule has 8 heteroatoms. The van der Waals surface area contributed by atoms with Crippen LogP contribution >= 0.6 is 24.0 Å². The first-order chi connectivity index (χ1) is 11.3. The number of carbonyl (C=O) groups excluding carboxylic acids is 1. The topological polar surface area (TPSA) is 88.8 Å². The molecule has 1 aromatic rings. The van der Waals surface area contributed by atoms with Crippen molar-refractivity contribution in [3.05, 3.63) is 17.0 Å². The number of carbonyl (C=O) groups is 1. The van der Waals surface area contributed by atoms with Gasteiger partial charge in [-0.05, 0) is 34.1 Å². The van der Waals surface area contributed by atoms with Crippen molar-refractivity contribution in [3.63, 3.8) is 0 Å².